The number of nitro benzene ring substituents is 1. The number of benzene rings is 1. The summed E-state index contributed by atoms with van der Waals surface area (Å²) in [4.78, 5) is 9.49. The van der Waals surface area contributed by atoms with Crippen LogP contribution in [0.5, 0.6) is 5.75 Å². The van der Waals surface area contributed by atoms with E-state index in [2.05, 4.69) is 0 Å². The number of rotatable bonds is 1. The van der Waals surface area contributed by atoms with Gasteiger partial charge in [0.2, 0.25) is 0 Å². The molecule has 0 saturated heterocycles. The first-order valence-electron chi connectivity index (χ1n) is 2.63. The zero-order chi connectivity index (χ0) is 7.56. The summed E-state index contributed by atoms with van der Waals surface area (Å²) >= 11 is 0. The average molecular weight is 179 g/mol. The van der Waals surface area contributed by atoms with Gasteiger partial charge in [-0.3, -0.25) is 10.1 Å². The van der Waals surface area contributed by atoms with Crippen LogP contribution in [0, 0.1) is 10.1 Å². The van der Waals surface area contributed by atoms with Crippen LogP contribution in [0.25, 0.3) is 0 Å². The summed E-state index contributed by atoms with van der Waals surface area (Å²) in [6, 6.07) is 5.22. The van der Waals surface area contributed by atoms with Crippen molar-refractivity contribution in [2.24, 2.45) is 0 Å². The maximum absolute atomic E-state index is 10.0. The Kier molecular flexibility index (Phi) is 4.40. The van der Waals surface area contributed by atoms with E-state index in [1.54, 1.807) is 0 Å². The predicted molar refractivity (Wildman–Crippen MR) is 40.5 cm³/mol. The predicted octanol–water partition coefficient (Wildman–Crippen LogP) is 0.920. The Balaban J connectivity index is 0.000001000. The van der Waals surface area contributed by atoms with Gasteiger partial charge in [-0.25, -0.2) is 0 Å². The van der Waals surface area contributed by atoms with Gasteiger partial charge >= 0.3 is 0 Å². The molecule has 1 N–H and O–H groups in total. The molecule has 0 unspecified atom stereocenters. The first kappa shape index (κ1) is 10.7. The van der Waals surface area contributed by atoms with E-state index in [9.17, 15) is 10.1 Å². The van der Waals surface area contributed by atoms with Crippen molar-refractivity contribution in [1.29, 1.82) is 0 Å². The fourth-order valence-corrected chi connectivity index (χ4v) is 0.607. The molecule has 0 heterocycles. The molecule has 0 amide bonds. The third-order valence-corrected chi connectivity index (χ3v) is 1.04. The van der Waals surface area contributed by atoms with Crippen LogP contribution in [0.2, 0.25) is 0 Å². The van der Waals surface area contributed by atoms with Crippen molar-refractivity contribution < 1.29 is 10.0 Å². The third kappa shape index (κ3) is 3.05. The number of nitrogens with zero attached hydrogens (tertiary/aromatic N) is 1. The summed E-state index contributed by atoms with van der Waals surface area (Å²) in [6.07, 6.45) is 0. The first-order valence-corrected chi connectivity index (χ1v) is 2.63. The summed E-state index contributed by atoms with van der Waals surface area (Å²) < 4.78 is 0. The third-order valence-electron chi connectivity index (χ3n) is 1.04. The smallest absolute Gasteiger partial charge is 0.273 e. The van der Waals surface area contributed by atoms with Crippen molar-refractivity contribution in [2.45, 2.75) is 0 Å². The van der Waals surface area contributed by atoms with Crippen molar-refractivity contribution in [3.05, 3.63) is 34.4 Å². The summed E-state index contributed by atoms with van der Waals surface area (Å²) in [7, 11) is 0. The van der Waals surface area contributed by atoms with Crippen LogP contribution in [0.15, 0.2) is 24.3 Å². The Bertz CT molecular complexity index is 264. The van der Waals surface area contributed by atoms with E-state index in [1.165, 1.54) is 18.2 Å². The Morgan fingerprint density at radius 3 is 2.45 bits per heavy atom. The Hall–Kier alpha value is -0.320. The average Bonchev–Trinajstić information content (AvgIpc) is 1.88. The van der Waals surface area contributed by atoms with E-state index in [0.717, 1.165) is 6.07 Å². The van der Waals surface area contributed by atoms with Gasteiger partial charge in [-0.1, -0.05) is 6.07 Å². The molecule has 0 atom stereocenters. The molecule has 0 saturated carbocycles. The number of nitro groups is 1. The van der Waals surface area contributed by atoms with Gasteiger partial charge in [0.15, 0.2) is 0 Å². The second-order valence-electron chi connectivity index (χ2n) is 1.78. The number of phenols is 1. The standard InChI is InChI=1S/C6H5NO3.Ca/c8-6-3-1-2-5(4-6)7(9)10;/h1-4,8H;. The maximum atomic E-state index is 10.0. The topological polar surface area (TPSA) is 63.4 Å². The van der Waals surface area contributed by atoms with Crippen LogP contribution in [0.1, 0.15) is 0 Å². The van der Waals surface area contributed by atoms with Crippen LogP contribution >= 0.6 is 0 Å². The van der Waals surface area contributed by atoms with E-state index < -0.39 is 4.92 Å². The second-order valence-corrected chi connectivity index (χ2v) is 1.78. The first-order chi connectivity index (χ1) is 4.70. The number of hydrogen-bond acceptors (Lipinski definition) is 3. The number of hydrogen-bond donors (Lipinski definition) is 1. The molecule has 1 aromatic carbocycles. The molecule has 5 heteroatoms. The molecule has 0 aromatic heterocycles. The number of phenolic OH excluding ortho intramolecular Hbond substituents is 1. The van der Waals surface area contributed by atoms with Crippen molar-refractivity contribution in [1.82, 2.24) is 0 Å². The zero-order valence-corrected chi connectivity index (χ0v) is 7.94. The molecule has 0 aliphatic rings. The van der Waals surface area contributed by atoms with Crippen LogP contribution in [-0.2, 0) is 0 Å². The molecular weight excluding hydrogens is 174 g/mol. The largest absolute Gasteiger partial charge is 0.508 e. The normalized spacial score (nSPS) is 8.36. The molecule has 1 rings (SSSR count). The Labute approximate surface area is 93.0 Å². The Morgan fingerprint density at radius 2 is 2.09 bits per heavy atom. The molecule has 2 radical (unpaired) electrons. The molecule has 0 spiro atoms. The zero-order valence-electron chi connectivity index (χ0n) is 5.73. The fourth-order valence-electron chi connectivity index (χ4n) is 0.607. The van der Waals surface area contributed by atoms with Gasteiger partial charge in [0.25, 0.3) is 5.69 Å². The van der Waals surface area contributed by atoms with Crippen molar-refractivity contribution >= 4 is 43.4 Å². The van der Waals surface area contributed by atoms with Crippen LogP contribution < -0.4 is 0 Å². The molecule has 54 valence electrons. The summed E-state index contributed by atoms with van der Waals surface area (Å²) in [5.74, 6) is -0.0887. The molecular formula is C6H5CaNO3. The number of aromatic hydroxyl groups is 1. The van der Waals surface area contributed by atoms with E-state index in [4.69, 9.17) is 5.11 Å². The van der Waals surface area contributed by atoms with Gasteiger partial charge in [0, 0.05) is 43.8 Å². The van der Waals surface area contributed by atoms with Gasteiger partial charge in [-0.15, -0.1) is 0 Å². The molecule has 11 heavy (non-hydrogen) atoms. The van der Waals surface area contributed by atoms with Crippen molar-refractivity contribution in [3.63, 3.8) is 0 Å². The molecule has 4 nitrogen and oxygen atoms in total. The minimum Gasteiger partial charge on any atom is -0.508 e. The summed E-state index contributed by atoms with van der Waals surface area (Å²) in [5.41, 5.74) is -0.0972. The fraction of sp³-hybridized carbons (Fsp3) is 0. The van der Waals surface area contributed by atoms with Crippen molar-refractivity contribution in [3.8, 4) is 5.75 Å². The maximum Gasteiger partial charge on any atom is 0.273 e. The van der Waals surface area contributed by atoms with E-state index >= 15 is 0 Å². The van der Waals surface area contributed by atoms with E-state index in [-0.39, 0.29) is 49.2 Å². The van der Waals surface area contributed by atoms with E-state index in [1.807, 2.05) is 0 Å². The summed E-state index contributed by atoms with van der Waals surface area (Å²) in [5, 5.41) is 18.8. The van der Waals surface area contributed by atoms with Gasteiger partial charge in [0.05, 0.1) is 11.0 Å². The molecule has 1 aromatic rings. The molecule has 0 aliphatic carbocycles. The molecule has 0 bridgehead atoms. The van der Waals surface area contributed by atoms with Crippen molar-refractivity contribution in [2.75, 3.05) is 0 Å². The SMILES string of the molecule is O=[N+]([O-])c1cccc(O)c1.[Ca]. The molecule has 0 fully saturated rings. The summed E-state index contributed by atoms with van der Waals surface area (Å²) in [6.45, 7) is 0. The van der Waals surface area contributed by atoms with Crippen LogP contribution in [0.3, 0.4) is 0 Å². The van der Waals surface area contributed by atoms with Crippen LogP contribution in [-0.4, -0.2) is 47.8 Å². The Morgan fingerprint density at radius 1 is 1.45 bits per heavy atom. The van der Waals surface area contributed by atoms with E-state index in [0.29, 0.717) is 0 Å². The van der Waals surface area contributed by atoms with Gasteiger partial charge in [0.1, 0.15) is 5.75 Å². The number of non-ortho nitro benzene ring substituents is 1. The second kappa shape index (κ2) is 4.54. The van der Waals surface area contributed by atoms with Gasteiger partial charge in [-0.2, -0.15) is 0 Å². The van der Waals surface area contributed by atoms with Crippen LogP contribution in [0.4, 0.5) is 5.69 Å². The minimum atomic E-state index is -0.556. The monoisotopic (exact) mass is 179 g/mol. The van der Waals surface area contributed by atoms with Gasteiger partial charge in [-0.05, 0) is 6.07 Å². The van der Waals surface area contributed by atoms with Gasteiger partial charge < -0.3 is 5.11 Å². The minimum absolute atomic E-state index is 0. The quantitative estimate of drug-likeness (QED) is 0.396. The molecule has 0 aliphatic heterocycles.